The second-order valence-corrected chi connectivity index (χ2v) is 5.72. The van der Waals surface area contributed by atoms with Gasteiger partial charge in [0.2, 0.25) is 0 Å². The summed E-state index contributed by atoms with van der Waals surface area (Å²) in [7, 11) is 2.55. The van der Waals surface area contributed by atoms with E-state index in [1.54, 1.807) is 24.3 Å². The number of rotatable bonds is 8. The van der Waals surface area contributed by atoms with Crippen LogP contribution in [0.3, 0.4) is 0 Å². The molecule has 0 aliphatic heterocycles. The van der Waals surface area contributed by atoms with E-state index >= 15 is 0 Å². The zero-order valence-electron chi connectivity index (χ0n) is 15.5. The van der Waals surface area contributed by atoms with E-state index < -0.39 is 11.9 Å². The van der Waals surface area contributed by atoms with Gasteiger partial charge in [0.1, 0.15) is 11.5 Å². The summed E-state index contributed by atoms with van der Waals surface area (Å²) >= 11 is 0. The van der Waals surface area contributed by atoms with Crippen molar-refractivity contribution in [2.24, 2.45) is 0 Å². The second-order valence-electron chi connectivity index (χ2n) is 5.72. The summed E-state index contributed by atoms with van der Waals surface area (Å²) in [5.41, 5.74) is 1.02. The Hall–Kier alpha value is -2.35. The van der Waals surface area contributed by atoms with Crippen molar-refractivity contribution in [3.05, 3.63) is 47.2 Å². The van der Waals surface area contributed by atoms with Gasteiger partial charge in [-0.05, 0) is 36.8 Å². The first-order valence-electron chi connectivity index (χ1n) is 8.27. The van der Waals surface area contributed by atoms with Crippen LogP contribution in [0.5, 0.6) is 0 Å². The van der Waals surface area contributed by atoms with Crippen LogP contribution in [-0.2, 0) is 16.0 Å². The average molecular weight is 398 g/mol. The molecule has 1 aromatic carbocycles. The van der Waals surface area contributed by atoms with Crippen molar-refractivity contribution in [3.63, 3.8) is 0 Å². The van der Waals surface area contributed by atoms with Crippen molar-refractivity contribution < 1.29 is 28.6 Å². The number of aliphatic hydroxyl groups excluding tert-OH is 1. The first-order chi connectivity index (χ1) is 12.5. The van der Waals surface area contributed by atoms with E-state index in [2.05, 4.69) is 5.32 Å². The van der Waals surface area contributed by atoms with E-state index in [0.29, 0.717) is 23.6 Å². The molecule has 1 unspecified atom stereocenters. The Morgan fingerprint density at radius 1 is 1.11 bits per heavy atom. The van der Waals surface area contributed by atoms with E-state index in [4.69, 9.17) is 13.9 Å². The van der Waals surface area contributed by atoms with Crippen molar-refractivity contribution in [1.29, 1.82) is 0 Å². The van der Waals surface area contributed by atoms with Gasteiger partial charge in [-0.15, -0.1) is 12.4 Å². The highest BCUT2D eigenvalue weighted by atomic mass is 35.5. The Balaban J connectivity index is 0.00000364. The molecule has 1 heterocycles. The summed E-state index contributed by atoms with van der Waals surface area (Å²) in [6, 6.07) is 8.16. The third-order valence-corrected chi connectivity index (χ3v) is 4.00. The zero-order valence-corrected chi connectivity index (χ0v) is 16.3. The number of nitrogens with one attached hydrogen (secondary N) is 1. The fraction of sp³-hybridized carbons (Fsp3) is 0.368. The summed E-state index contributed by atoms with van der Waals surface area (Å²) in [5.74, 6) is 0.0723. The number of esters is 2. The van der Waals surface area contributed by atoms with Crippen molar-refractivity contribution in [1.82, 2.24) is 5.32 Å². The van der Waals surface area contributed by atoms with Crippen LogP contribution >= 0.6 is 12.4 Å². The third-order valence-electron chi connectivity index (χ3n) is 4.00. The van der Waals surface area contributed by atoms with E-state index in [1.165, 1.54) is 20.3 Å². The van der Waals surface area contributed by atoms with E-state index in [9.17, 15) is 14.7 Å². The summed E-state index contributed by atoms with van der Waals surface area (Å²) in [6.07, 6.45) is 0.799. The number of halogens is 1. The van der Waals surface area contributed by atoms with E-state index in [0.717, 1.165) is 6.42 Å². The number of furan rings is 1. The SMILES string of the molecule is CCC(CO)NCc1ccc(-c2cc(C(=O)OC)cc(C(=O)OC)c2)o1.Cl. The molecule has 0 aliphatic carbocycles. The van der Waals surface area contributed by atoms with Gasteiger partial charge in [0.15, 0.2) is 0 Å². The molecule has 0 aliphatic rings. The van der Waals surface area contributed by atoms with E-state index in [1.807, 2.05) is 6.92 Å². The van der Waals surface area contributed by atoms with Gasteiger partial charge < -0.3 is 24.3 Å². The molecule has 27 heavy (non-hydrogen) atoms. The number of ether oxygens (including phenoxy) is 2. The molecule has 1 atom stereocenters. The van der Waals surface area contributed by atoms with Crippen LogP contribution in [0.2, 0.25) is 0 Å². The van der Waals surface area contributed by atoms with Crippen LogP contribution in [0.15, 0.2) is 34.7 Å². The third kappa shape index (κ3) is 5.82. The number of aliphatic hydroxyl groups is 1. The first-order valence-corrected chi connectivity index (χ1v) is 8.27. The Labute approximate surface area is 164 Å². The number of methoxy groups -OCH3 is 2. The molecule has 0 saturated carbocycles. The zero-order chi connectivity index (χ0) is 19.1. The lowest BCUT2D eigenvalue weighted by Crippen LogP contribution is -2.30. The van der Waals surface area contributed by atoms with Gasteiger partial charge >= 0.3 is 11.9 Å². The van der Waals surface area contributed by atoms with Crippen LogP contribution in [0.25, 0.3) is 11.3 Å². The fourth-order valence-electron chi connectivity index (χ4n) is 2.45. The maximum absolute atomic E-state index is 11.9. The Kier molecular flexibility index (Phi) is 9.00. The van der Waals surface area contributed by atoms with Gasteiger partial charge in [-0.1, -0.05) is 6.92 Å². The second kappa shape index (κ2) is 10.7. The normalized spacial score (nSPS) is 11.4. The molecule has 2 rings (SSSR count). The highest BCUT2D eigenvalue weighted by Crippen LogP contribution is 2.25. The first kappa shape index (κ1) is 22.7. The summed E-state index contributed by atoms with van der Waals surface area (Å²) < 4.78 is 15.3. The molecule has 8 heteroatoms. The Morgan fingerprint density at radius 2 is 1.70 bits per heavy atom. The number of carbonyl (C=O) groups is 2. The predicted octanol–water partition coefficient (Wildman–Crippen LogP) is 2.80. The standard InChI is InChI=1S/C19H23NO6.ClH/c1-4-15(11-21)20-10-16-5-6-17(26-16)12-7-13(18(22)24-2)9-14(8-12)19(23)25-3;/h5-9,15,20-21H,4,10-11H2,1-3H3;1H. The predicted molar refractivity (Wildman–Crippen MR) is 102 cm³/mol. The molecule has 0 amide bonds. The molecule has 0 fully saturated rings. The summed E-state index contributed by atoms with van der Waals surface area (Å²) in [5, 5.41) is 12.4. The summed E-state index contributed by atoms with van der Waals surface area (Å²) in [4.78, 5) is 23.7. The quantitative estimate of drug-likeness (QED) is 0.661. The lowest BCUT2D eigenvalue weighted by Gasteiger charge is -2.12. The molecule has 148 valence electrons. The van der Waals surface area contributed by atoms with E-state index in [-0.39, 0.29) is 36.2 Å². The summed E-state index contributed by atoms with van der Waals surface area (Å²) in [6.45, 7) is 2.49. The minimum atomic E-state index is -0.556. The number of hydrogen-bond donors (Lipinski definition) is 2. The monoisotopic (exact) mass is 397 g/mol. The molecule has 0 radical (unpaired) electrons. The molecule has 0 saturated heterocycles. The lowest BCUT2D eigenvalue weighted by atomic mass is 10.0. The average Bonchev–Trinajstić information content (AvgIpc) is 3.16. The van der Waals surface area contributed by atoms with Gasteiger partial charge in [-0.25, -0.2) is 9.59 Å². The Morgan fingerprint density at radius 3 is 2.19 bits per heavy atom. The highest BCUT2D eigenvalue weighted by molar-refractivity contribution is 5.97. The lowest BCUT2D eigenvalue weighted by molar-refractivity contribution is 0.0599. The highest BCUT2D eigenvalue weighted by Gasteiger charge is 2.16. The minimum absolute atomic E-state index is 0. The van der Waals surface area contributed by atoms with Crippen molar-refractivity contribution in [2.45, 2.75) is 25.9 Å². The molecular formula is C19H24ClNO6. The fourth-order valence-corrected chi connectivity index (χ4v) is 2.45. The smallest absolute Gasteiger partial charge is 0.337 e. The van der Waals surface area contributed by atoms with Crippen LogP contribution in [0, 0.1) is 0 Å². The van der Waals surface area contributed by atoms with Gasteiger partial charge in [0, 0.05) is 11.6 Å². The van der Waals surface area contributed by atoms with Crippen molar-refractivity contribution in [2.75, 3.05) is 20.8 Å². The van der Waals surface area contributed by atoms with Crippen molar-refractivity contribution >= 4 is 24.3 Å². The number of carbonyl (C=O) groups excluding carboxylic acids is 2. The van der Waals surface area contributed by atoms with Crippen LogP contribution in [-0.4, -0.2) is 43.9 Å². The maximum Gasteiger partial charge on any atom is 0.337 e. The molecular weight excluding hydrogens is 374 g/mol. The Bertz CT molecular complexity index is 735. The van der Waals surface area contributed by atoms with Gasteiger partial charge in [0.25, 0.3) is 0 Å². The van der Waals surface area contributed by atoms with Crippen LogP contribution in [0.4, 0.5) is 0 Å². The van der Waals surface area contributed by atoms with Gasteiger partial charge in [0.05, 0.1) is 38.5 Å². The number of hydrogen-bond acceptors (Lipinski definition) is 7. The van der Waals surface area contributed by atoms with Crippen molar-refractivity contribution in [3.8, 4) is 11.3 Å². The molecule has 1 aromatic heterocycles. The van der Waals surface area contributed by atoms with Crippen LogP contribution in [0.1, 0.15) is 39.8 Å². The molecule has 7 nitrogen and oxygen atoms in total. The van der Waals surface area contributed by atoms with Crippen LogP contribution < -0.4 is 5.32 Å². The molecule has 2 aromatic rings. The number of benzene rings is 1. The molecule has 2 N–H and O–H groups in total. The molecule has 0 spiro atoms. The molecule has 0 bridgehead atoms. The minimum Gasteiger partial charge on any atom is -0.465 e. The van der Waals surface area contributed by atoms with Gasteiger partial charge in [-0.2, -0.15) is 0 Å². The maximum atomic E-state index is 11.9. The largest absolute Gasteiger partial charge is 0.465 e. The van der Waals surface area contributed by atoms with Gasteiger partial charge in [-0.3, -0.25) is 0 Å². The topological polar surface area (TPSA) is 98.0 Å².